The third-order valence-corrected chi connectivity index (χ3v) is 5.72. The van der Waals surface area contributed by atoms with Gasteiger partial charge in [0.2, 0.25) is 5.95 Å². The van der Waals surface area contributed by atoms with Gasteiger partial charge in [-0.25, -0.2) is 9.97 Å². The second kappa shape index (κ2) is 11.8. The van der Waals surface area contributed by atoms with E-state index in [4.69, 9.17) is 24.7 Å². The fraction of sp³-hybridized carbons (Fsp3) is 0.360. The first-order valence-corrected chi connectivity index (χ1v) is 12.0. The summed E-state index contributed by atoms with van der Waals surface area (Å²) < 4.78 is 22.7. The number of ether oxygens (including phenoxy) is 4. The van der Waals surface area contributed by atoms with E-state index in [0.717, 1.165) is 55.2 Å². The number of methoxy groups -OCH3 is 1. The van der Waals surface area contributed by atoms with Crippen molar-refractivity contribution in [3.05, 3.63) is 48.7 Å². The van der Waals surface area contributed by atoms with Crippen molar-refractivity contribution < 1.29 is 18.9 Å². The molecule has 180 valence electrons. The van der Waals surface area contributed by atoms with Crippen LogP contribution in [-0.4, -0.2) is 48.8 Å². The SMILES string of the molecule is COc1cc(Nc2nccc(-c3ccc(OC4CCOCC4)c(N)c3)n2)ccc1OCCCS. The lowest BCUT2D eigenvalue weighted by Gasteiger charge is -2.24. The Morgan fingerprint density at radius 1 is 1.09 bits per heavy atom. The molecule has 34 heavy (non-hydrogen) atoms. The second-order valence-corrected chi connectivity index (χ2v) is 8.31. The Labute approximate surface area is 205 Å². The Balaban J connectivity index is 1.46. The highest BCUT2D eigenvalue weighted by molar-refractivity contribution is 7.80. The maximum absolute atomic E-state index is 6.28. The van der Waals surface area contributed by atoms with E-state index in [-0.39, 0.29) is 6.10 Å². The van der Waals surface area contributed by atoms with Crippen molar-refractivity contribution >= 4 is 30.0 Å². The van der Waals surface area contributed by atoms with E-state index in [9.17, 15) is 0 Å². The summed E-state index contributed by atoms with van der Waals surface area (Å²) >= 11 is 4.21. The van der Waals surface area contributed by atoms with E-state index in [1.807, 2.05) is 42.5 Å². The quantitative estimate of drug-likeness (QED) is 0.217. The molecule has 0 saturated carbocycles. The minimum Gasteiger partial charge on any atom is -0.493 e. The molecule has 8 nitrogen and oxygen atoms in total. The summed E-state index contributed by atoms with van der Waals surface area (Å²) in [5, 5.41) is 3.23. The van der Waals surface area contributed by atoms with E-state index < -0.39 is 0 Å². The van der Waals surface area contributed by atoms with Crippen LogP contribution in [0, 0.1) is 0 Å². The van der Waals surface area contributed by atoms with Crippen LogP contribution in [0.3, 0.4) is 0 Å². The minimum atomic E-state index is 0.133. The molecule has 1 aromatic heterocycles. The fourth-order valence-corrected chi connectivity index (χ4v) is 3.74. The number of nitrogens with zero attached hydrogens (tertiary/aromatic N) is 2. The number of hydrogen-bond acceptors (Lipinski definition) is 9. The first-order valence-electron chi connectivity index (χ1n) is 11.3. The maximum Gasteiger partial charge on any atom is 0.227 e. The summed E-state index contributed by atoms with van der Waals surface area (Å²) in [6.07, 6.45) is 4.44. The average Bonchev–Trinajstić information content (AvgIpc) is 2.87. The molecule has 2 aromatic carbocycles. The van der Waals surface area contributed by atoms with Gasteiger partial charge in [-0.3, -0.25) is 0 Å². The van der Waals surface area contributed by atoms with Crippen LogP contribution in [0.2, 0.25) is 0 Å². The van der Waals surface area contributed by atoms with Gasteiger partial charge in [-0.05, 0) is 48.6 Å². The molecule has 0 aliphatic carbocycles. The summed E-state index contributed by atoms with van der Waals surface area (Å²) in [7, 11) is 1.61. The highest BCUT2D eigenvalue weighted by Gasteiger charge is 2.17. The van der Waals surface area contributed by atoms with Crippen LogP contribution in [-0.2, 0) is 4.74 Å². The Hall–Kier alpha value is -3.17. The lowest BCUT2D eigenvalue weighted by atomic mass is 10.1. The average molecular weight is 483 g/mol. The van der Waals surface area contributed by atoms with Crippen molar-refractivity contribution in [2.75, 3.05) is 43.7 Å². The molecule has 1 saturated heterocycles. The highest BCUT2D eigenvalue weighted by Crippen LogP contribution is 2.32. The lowest BCUT2D eigenvalue weighted by Crippen LogP contribution is -2.26. The fourth-order valence-electron chi connectivity index (χ4n) is 3.61. The molecular formula is C25H30N4O4S. The molecule has 0 amide bonds. The van der Waals surface area contributed by atoms with Crippen LogP contribution in [0.4, 0.5) is 17.3 Å². The third-order valence-electron chi connectivity index (χ3n) is 5.40. The van der Waals surface area contributed by atoms with Crippen LogP contribution >= 0.6 is 12.6 Å². The standard InChI is InChI=1S/C25H30N4O4S/c1-30-24-16-18(4-6-23(24)32-11-2-14-34)28-25-27-10-7-21(29-25)17-3-5-22(20(26)15-17)33-19-8-12-31-13-9-19/h3-7,10,15-16,19,34H,2,8-9,11-14,26H2,1H3,(H,27,28,29). The van der Waals surface area contributed by atoms with Crippen LogP contribution in [0.15, 0.2) is 48.7 Å². The van der Waals surface area contributed by atoms with Crippen LogP contribution < -0.4 is 25.3 Å². The molecule has 1 aliphatic rings. The zero-order valence-electron chi connectivity index (χ0n) is 19.2. The number of aromatic nitrogens is 2. The van der Waals surface area contributed by atoms with Gasteiger partial charge in [0.05, 0.1) is 38.3 Å². The van der Waals surface area contributed by atoms with Crippen LogP contribution in [0.1, 0.15) is 19.3 Å². The topological polar surface area (TPSA) is 101 Å². The van der Waals surface area contributed by atoms with Crippen molar-refractivity contribution in [2.45, 2.75) is 25.4 Å². The number of hydrogen-bond donors (Lipinski definition) is 3. The van der Waals surface area contributed by atoms with E-state index in [0.29, 0.717) is 35.5 Å². The third kappa shape index (κ3) is 6.24. The van der Waals surface area contributed by atoms with Gasteiger partial charge in [0, 0.05) is 36.4 Å². The maximum atomic E-state index is 6.28. The number of nitrogen functional groups attached to an aromatic ring is 1. The predicted molar refractivity (Wildman–Crippen MR) is 137 cm³/mol. The predicted octanol–water partition coefficient (Wildman–Crippen LogP) is 4.73. The summed E-state index contributed by atoms with van der Waals surface area (Å²) in [6.45, 7) is 2.02. The number of nitrogens with two attached hydrogens (primary N) is 1. The Bertz CT molecular complexity index is 1090. The lowest BCUT2D eigenvalue weighted by molar-refractivity contribution is 0.0259. The molecule has 0 atom stereocenters. The molecule has 4 rings (SSSR count). The van der Waals surface area contributed by atoms with E-state index in [2.05, 4.69) is 27.9 Å². The van der Waals surface area contributed by atoms with Gasteiger partial charge in [0.15, 0.2) is 11.5 Å². The molecule has 0 spiro atoms. The van der Waals surface area contributed by atoms with Gasteiger partial charge < -0.3 is 30.0 Å². The molecule has 0 bridgehead atoms. The van der Waals surface area contributed by atoms with E-state index in [1.54, 1.807) is 13.3 Å². The molecule has 1 fully saturated rings. The van der Waals surface area contributed by atoms with Crippen LogP contribution in [0.5, 0.6) is 17.2 Å². The summed E-state index contributed by atoms with van der Waals surface area (Å²) in [5.41, 5.74) is 9.28. The van der Waals surface area contributed by atoms with Crippen molar-refractivity contribution in [1.29, 1.82) is 0 Å². The summed E-state index contributed by atoms with van der Waals surface area (Å²) in [4.78, 5) is 8.99. The molecule has 3 N–H and O–H groups in total. The number of rotatable bonds is 10. The molecule has 3 aromatic rings. The van der Waals surface area contributed by atoms with Crippen LogP contribution in [0.25, 0.3) is 11.3 Å². The van der Waals surface area contributed by atoms with Gasteiger partial charge in [-0.1, -0.05) is 0 Å². The highest BCUT2D eigenvalue weighted by atomic mass is 32.1. The van der Waals surface area contributed by atoms with Gasteiger partial charge in [-0.15, -0.1) is 0 Å². The monoisotopic (exact) mass is 482 g/mol. The van der Waals surface area contributed by atoms with Crippen molar-refractivity contribution in [3.8, 4) is 28.5 Å². The van der Waals surface area contributed by atoms with E-state index in [1.165, 1.54) is 0 Å². The van der Waals surface area contributed by atoms with E-state index >= 15 is 0 Å². The molecular weight excluding hydrogens is 452 g/mol. The zero-order chi connectivity index (χ0) is 23.8. The van der Waals surface area contributed by atoms with Gasteiger partial charge in [-0.2, -0.15) is 12.6 Å². The number of thiol groups is 1. The van der Waals surface area contributed by atoms with Crippen molar-refractivity contribution in [3.63, 3.8) is 0 Å². The largest absolute Gasteiger partial charge is 0.493 e. The number of nitrogens with one attached hydrogen (secondary N) is 1. The first kappa shape index (κ1) is 24.0. The number of anilines is 3. The molecule has 1 aliphatic heterocycles. The second-order valence-electron chi connectivity index (χ2n) is 7.86. The smallest absolute Gasteiger partial charge is 0.227 e. The molecule has 2 heterocycles. The summed E-state index contributed by atoms with van der Waals surface area (Å²) in [5.74, 6) is 3.24. The van der Waals surface area contributed by atoms with Gasteiger partial charge in [0.1, 0.15) is 11.9 Å². The van der Waals surface area contributed by atoms with Gasteiger partial charge >= 0.3 is 0 Å². The molecule has 0 radical (unpaired) electrons. The van der Waals surface area contributed by atoms with Gasteiger partial charge in [0.25, 0.3) is 0 Å². The Kier molecular flexibility index (Phi) is 8.32. The van der Waals surface area contributed by atoms with Crippen molar-refractivity contribution in [2.24, 2.45) is 0 Å². The molecule has 9 heteroatoms. The van der Waals surface area contributed by atoms with Crippen molar-refractivity contribution in [1.82, 2.24) is 9.97 Å². The number of benzene rings is 2. The first-order chi connectivity index (χ1) is 16.7. The normalized spacial score (nSPS) is 13.9. The molecule has 0 unspecified atom stereocenters. The zero-order valence-corrected chi connectivity index (χ0v) is 20.1. The Morgan fingerprint density at radius 3 is 2.68 bits per heavy atom. The minimum absolute atomic E-state index is 0.133. The summed E-state index contributed by atoms with van der Waals surface area (Å²) in [6, 6.07) is 13.2. The Morgan fingerprint density at radius 2 is 1.91 bits per heavy atom.